The smallest absolute Gasteiger partial charge is 0.412 e. The molecule has 0 atom stereocenters. The quantitative estimate of drug-likeness (QED) is 0.314. The molecule has 12 heteroatoms. The summed E-state index contributed by atoms with van der Waals surface area (Å²) < 4.78 is 9.91. The molecule has 0 radical (unpaired) electrons. The molecule has 0 unspecified atom stereocenters. The van der Waals surface area contributed by atoms with Crippen molar-refractivity contribution in [3.8, 4) is 11.5 Å². The first-order valence-corrected chi connectivity index (χ1v) is 8.63. The first-order valence-electron chi connectivity index (χ1n) is 7.64. The van der Waals surface area contributed by atoms with Gasteiger partial charge in [-0.05, 0) is 36.0 Å². The minimum atomic E-state index is -0.779. The number of nitrogens with zero attached hydrogens (tertiary/aromatic N) is 2. The van der Waals surface area contributed by atoms with Crippen LogP contribution in [0.1, 0.15) is 0 Å². The summed E-state index contributed by atoms with van der Waals surface area (Å²) in [6, 6.07) is 10.0. The van der Waals surface area contributed by atoms with Crippen molar-refractivity contribution in [2.75, 3.05) is 12.3 Å². The molecule has 0 aliphatic heterocycles. The lowest BCUT2D eigenvalue weighted by molar-refractivity contribution is -0.385. The van der Waals surface area contributed by atoms with E-state index >= 15 is 0 Å². The number of amides is 1. The summed E-state index contributed by atoms with van der Waals surface area (Å²) in [6.07, 6.45) is -0.779. The zero-order chi connectivity index (χ0) is 20.5. The number of hydrogen-bond acceptors (Lipinski definition) is 9. The normalized spacial score (nSPS) is 10.0. The molecule has 0 saturated heterocycles. The molecule has 28 heavy (non-hydrogen) atoms. The fourth-order valence-electron chi connectivity index (χ4n) is 1.83. The van der Waals surface area contributed by atoms with Gasteiger partial charge in [0.2, 0.25) is 0 Å². The van der Waals surface area contributed by atoms with Gasteiger partial charge in [-0.15, -0.1) is 0 Å². The van der Waals surface area contributed by atoms with Crippen LogP contribution in [0.5, 0.6) is 11.5 Å². The minimum absolute atomic E-state index is 0.103. The van der Waals surface area contributed by atoms with Crippen LogP contribution in [0.25, 0.3) is 0 Å². The van der Waals surface area contributed by atoms with Crippen LogP contribution in [0.3, 0.4) is 0 Å². The average molecular weight is 407 g/mol. The van der Waals surface area contributed by atoms with Gasteiger partial charge in [0.1, 0.15) is 11.5 Å². The maximum absolute atomic E-state index is 11.7. The molecule has 146 valence electrons. The lowest BCUT2D eigenvalue weighted by Crippen LogP contribution is -2.29. The second kappa shape index (κ2) is 9.87. The molecule has 0 bridgehead atoms. The van der Waals surface area contributed by atoms with Crippen molar-refractivity contribution in [2.24, 2.45) is 0 Å². The summed E-state index contributed by atoms with van der Waals surface area (Å²) >= 11 is 0.795. The topological polar surface area (TPSA) is 151 Å². The van der Waals surface area contributed by atoms with Crippen LogP contribution in [0.2, 0.25) is 0 Å². The van der Waals surface area contributed by atoms with Gasteiger partial charge in [-0.3, -0.25) is 20.2 Å². The van der Waals surface area contributed by atoms with Crippen molar-refractivity contribution in [2.45, 2.75) is 0 Å². The highest BCUT2D eigenvalue weighted by atomic mass is 32.2. The molecule has 0 aliphatic carbocycles. The van der Waals surface area contributed by atoms with Gasteiger partial charge in [-0.2, -0.15) is 0 Å². The van der Waals surface area contributed by atoms with E-state index < -0.39 is 21.2 Å². The lowest BCUT2D eigenvalue weighted by Gasteiger charge is -2.06. The van der Waals surface area contributed by atoms with Crippen LogP contribution in [0.4, 0.5) is 21.0 Å². The average Bonchev–Trinajstić information content (AvgIpc) is 2.66. The Morgan fingerprint density at radius 2 is 1.32 bits per heavy atom. The van der Waals surface area contributed by atoms with Crippen LogP contribution in [-0.2, 0) is 0 Å². The van der Waals surface area contributed by atoms with Gasteiger partial charge in [-0.1, -0.05) is 0 Å². The summed E-state index contributed by atoms with van der Waals surface area (Å²) in [6.45, 7) is 0.103. The molecule has 0 heterocycles. The molecule has 2 aromatic rings. The highest BCUT2D eigenvalue weighted by molar-refractivity contribution is 8.13. The monoisotopic (exact) mass is 407 g/mol. The SMILES string of the molecule is O=C(NCCSC(=O)Oc1ccc([N+](=O)[O-])cc1)Oc1ccc([N+](=O)[O-])cc1. The molecule has 2 aromatic carbocycles. The number of carbonyl (C=O) groups excluding carboxylic acids is 2. The number of carbonyl (C=O) groups is 2. The molecule has 1 N–H and O–H groups in total. The maximum Gasteiger partial charge on any atom is 0.412 e. The standard InChI is InChI=1S/C16H13N3O8S/c20-15(26-13-5-1-11(2-6-13)18(22)23)17-9-10-28-16(21)27-14-7-3-12(4-8-14)19(24)25/h1-8H,9-10H2,(H,17,20). The number of hydrogen-bond donors (Lipinski definition) is 1. The van der Waals surface area contributed by atoms with E-state index in [0.717, 1.165) is 11.8 Å². The number of nitro groups is 2. The molecule has 11 nitrogen and oxygen atoms in total. The lowest BCUT2D eigenvalue weighted by atomic mass is 10.3. The fraction of sp³-hybridized carbons (Fsp3) is 0.125. The van der Waals surface area contributed by atoms with E-state index in [0.29, 0.717) is 0 Å². The van der Waals surface area contributed by atoms with Crippen LogP contribution < -0.4 is 14.8 Å². The Bertz CT molecular complexity index is 797. The largest absolute Gasteiger partial charge is 0.418 e. The third-order valence-corrected chi connectivity index (χ3v) is 3.83. The van der Waals surface area contributed by atoms with Crippen molar-refractivity contribution >= 4 is 34.5 Å². The number of non-ortho nitro benzene ring substituents is 2. The first kappa shape index (κ1) is 20.6. The molecule has 0 aliphatic rings. The summed E-state index contributed by atoms with van der Waals surface area (Å²) in [5.41, 5.74) is -0.251. The van der Waals surface area contributed by atoms with E-state index in [-0.39, 0.29) is 35.2 Å². The predicted octanol–water partition coefficient (Wildman–Crippen LogP) is 3.52. The van der Waals surface area contributed by atoms with E-state index in [1.807, 2.05) is 0 Å². The molecule has 0 spiro atoms. The van der Waals surface area contributed by atoms with Crippen molar-refractivity contribution in [3.05, 3.63) is 68.8 Å². The van der Waals surface area contributed by atoms with Gasteiger partial charge in [0.05, 0.1) is 9.85 Å². The first-order chi connectivity index (χ1) is 13.3. The summed E-state index contributed by atoms with van der Waals surface area (Å²) in [5, 5.41) is 22.9. The number of rotatable bonds is 7. The van der Waals surface area contributed by atoms with Gasteiger partial charge in [0.25, 0.3) is 11.4 Å². The Hall–Kier alpha value is -3.67. The number of benzene rings is 2. The highest BCUT2D eigenvalue weighted by Gasteiger charge is 2.10. The molecule has 0 saturated carbocycles. The predicted molar refractivity (Wildman–Crippen MR) is 98.7 cm³/mol. The zero-order valence-electron chi connectivity index (χ0n) is 14.1. The second-order valence-corrected chi connectivity index (χ2v) is 6.05. The van der Waals surface area contributed by atoms with Crippen LogP contribution in [-0.4, -0.2) is 33.5 Å². The fourth-order valence-corrected chi connectivity index (χ4v) is 2.35. The molecule has 0 fully saturated rings. The van der Waals surface area contributed by atoms with Crippen molar-refractivity contribution in [3.63, 3.8) is 0 Å². The van der Waals surface area contributed by atoms with Gasteiger partial charge in [0.15, 0.2) is 0 Å². The molecular weight excluding hydrogens is 394 g/mol. The Balaban J connectivity index is 1.67. The van der Waals surface area contributed by atoms with Crippen LogP contribution >= 0.6 is 11.8 Å². The van der Waals surface area contributed by atoms with Crippen molar-refractivity contribution in [1.29, 1.82) is 0 Å². The van der Waals surface area contributed by atoms with Gasteiger partial charge in [-0.25, -0.2) is 9.59 Å². The molecule has 0 aromatic heterocycles. The van der Waals surface area contributed by atoms with E-state index in [9.17, 15) is 29.8 Å². The second-order valence-electron chi connectivity index (χ2n) is 5.02. The third kappa shape index (κ3) is 6.57. The van der Waals surface area contributed by atoms with Gasteiger partial charge >= 0.3 is 11.4 Å². The Morgan fingerprint density at radius 3 is 1.79 bits per heavy atom. The van der Waals surface area contributed by atoms with E-state index in [4.69, 9.17) is 9.47 Å². The summed E-state index contributed by atoms with van der Waals surface area (Å²) in [5.74, 6) is 0.489. The highest BCUT2D eigenvalue weighted by Crippen LogP contribution is 2.19. The Morgan fingerprint density at radius 1 is 0.857 bits per heavy atom. The maximum atomic E-state index is 11.7. The van der Waals surface area contributed by atoms with E-state index in [2.05, 4.69) is 5.32 Å². The van der Waals surface area contributed by atoms with E-state index in [1.54, 1.807) is 0 Å². The molecule has 2 rings (SSSR count). The van der Waals surface area contributed by atoms with Gasteiger partial charge in [0, 0.05) is 36.6 Å². The summed E-state index contributed by atoms with van der Waals surface area (Å²) in [7, 11) is 0. The van der Waals surface area contributed by atoms with Crippen LogP contribution in [0.15, 0.2) is 48.5 Å². The van der Waals surface area contributed by atoms with Crippen molar-refractivity contribution < 1.29 is 28.9 Å². The number of nitro benzene ring substituents is 2. The van der Waals surface area contributed by atoms with Gasteiger partial charge < -0.3 is 14.8 Å². The Kier molecular flexibility index (Phi) is 7.28. The molecule has 1 amide bonds. The number of thioether (sulfide) groups is 1. The molecular formula is C16H13N3O8S. The number of ether oxygens (including phenoxy) is 2. The summed E-state index contributed by atoms with van der Waals surface area (Å²) in [4.78, 5) is 43.2. The third-order valence-electron chi connectivity index (χ3n) is 3.10. The van der Waals surface area contributed by atoms with Crippen molar-refractivity contribution in [1.82, 2.24) is 5.32 Å². The van der Waals surface area contributed by atoms with Crippen LogP contribution in [0, 0.1) is 20.2 Å². The zero-order valence-corrected chi connectivity index (χ0v) is 14.9. The minimum Gasteiger partial charge on any atom is -0.418 e. The Labute approximate surface area is 161 Å². The number of nitrogens with one attached hydrogen (secondary N) is 1. The van der Waals surface area contributed by atoms with E-state index in [1.165, 1.54) is 48.5 Å².